The number of methoxy groups -OCH3 is 1. The minimum absolute atomic E-state index is 0.0468. The molecule has 20 aromatic rings. The Morgan fingerprint density at radius 3 is 1.10 bits per heavy atom. The maximum Gasteiger partial charge on any atom is 0.416 e. The summed E-state index contributed by atoms with van der Waals surface area (Å²) in [5.41, 5.74) is 12.3. The molecule has 0 bridgehead atoms. The molecule has 5 N–H and O–H groups in total. The van der Waals surface area contributed by atoms with Gasteiger partial charge in [0.1, 0.15) is 52.1 Å². The number of alkyl halides is 3. The monoisotopic (exact) mass is 1900 g/mol. The number of halogens is 3. The predicted molar refractivity (Wildman–Crippen MR) is 561 cm³/mol. The molecule has 143 heavy (non-hydrogen) atoms. The Bertz CT molecular complexity index is 8620. The first-order valence-electron chi connectivity index (χ1n) is 46.4. The molecule has 1 aliphatic carbocycles. The number of nitrogens with zero attached hydrogens (tertiary/aromatic N) is 10. The van der Waals surface area contributed by atoms with Gasteiger partial charge in [-0.25, -0.2) is 24.9 Å². The van der Waals surface area contributed by atoms with Crippen LogP contribution in [0.15, 0.2) is 376 Å². The van der Waals surface area contributed by atoms with Gasteiger partial charge in [-0.15, -0.1) is 0 Å². The molecule has 1 saturated carbocycles. The summed E-state index contributed by atoms with van der Waals surface area (Å²) >= 11 is 0. The number of fused-ring (bicyclic) bond motifs is 5. The number of hydrogen-bond acceptors (Lipinski definition) is 16. The SMILES string of the molecule is CCc1cccc(-n2c(/C=C/c3cccc(C)c3O)nc3ccccc3c2=O)c1.COc1cccc(C2CC2c2nc3ccccc3c(=O)n2-c2ccccc2)c1O.Cc1cccc(/C=C/c2nc3ccccc3c(=O)n2-c2cccc(C(F)(F)F)c2)c1O.Cc1cccc(/C=C/c2nc3ccccc3c(=O)n2-c2ccccc2)c1O.Cc1cccc(CCc2nc3ccccc3c(=O)n2-c2ccccc2)c1O. The van der Waals surface area contributed by atoms with E-state index >= 15 is 0 Å². The fraction of sp³-hybridized carbons (Fsp3) is 0.109. The lowest BCUT2D eigenvalue weighted by molar-refractivity contribution is -0.137. The maximum absolute atomic E-state index is 13.3. The third-order valence-electron chi connectivity index (χ3n) is 24.9. The molecule has 21 rings (SSSR count). The second-order valence-corrected chi connectivity index (χ2v) is 34.2. The van der Waals surface area contributed by atoms with Crippen molar-refractivity contribution in [1.29, 1.82) is 0 Å². The average molecular weight is 1900 g/mol. The molecule has 0 saturated heterocycles. The molecule has 2 atom stereocenters. The lowest BCUT2D eigenvalue weighted by Crippen LogP contribution is -2.24. The van der Waals surface area contributed by atoms with Crippen LogP contribution < -0.4 is 32.5 Å². The number of rotatable bonds is 18. The third-order valence-corrected chi connectivity index (χ3v) is 24.9. The zero-order valence-electron chi connectivity index (χ0n) is 78.7. The predicted octanol–water partition coefficient (Wildman–Crippen LogP) is 23.8. The largest absolute Gasteiger partial charge is 0.507 e. The van der Waals surface area contributed by atoms with E-state index in [1.54, 1.807) is 129 Å². The standard InChI is InChI=1S/C25H22N2O2.C24H17F3N2O2.C24H20N2O3.C23H20N2O2.C23H18N2O2/c1-3-18-9-7-11-20(16-18)27-23(15-14-19-10-6-8-17(2)24(19)28)26-22-13-5-4-12-21(22)25(27)29;1-15-6-4-7-16(22(15)30)12-13-21-28-20-11-3-2-10-19(20)23(31)29(21)18-9-5-8-17(14-18)24(25,26)27;1-29-21-13-7-11-16(22(21)27)18-14-19(18)23-25-20-12-6-5-10-17(20)24(28)26(23)15-8-3-2-4-9-15;2*1-16-8-7-9-17(22(16)26)14-15-21-24-20-13-6-5-12-19(20)23(27)25(21)18-10-3-2-4-11-18/h4-16,28H,3H2,1-2H3;2-14,30H,1H3;2-13,18-19,27H,14H2,1H3;2-13,26H,14-15H2,1H3;2-15,26H,1H3/b15-14+;13-12+;;;15-14+. The summed E-state index contributed by atoms with van der Waals surface area (Å²) in [5, 5.41) is 54.3. The Balaban J connectivity index is 0.000000123. The highest BCUT2D eigenvalue weighted by Crippen LogP contribution is 2.57. The summed E-state index contributed by atoms with van der Waals surface area (Å²) in [7, 11) is 1.54. The van der Waals surface area contributed by atoms with Crippen LogP contribution in [0.3, 0.4) is 0 Å². The van der Waals surface area contributed by atoms with Gasteiger partial charge in [-0.2, -0.15) is 13.2 Å². The molecule has 710 valence electrons. The Labute approximate surface area is 819 Å². The van der Waals surface area contributed by atoms with Gasteiger partial charge in [0, 0.05) is 34.6 Å². The zero-order chi connectivity index (χ0) is 100. The van der Waals surface area contributed by atoms with Crippen molar-refractivity contribution in [3.8, 4) is 62.9 Å². The minimum Gasteiger partial charge on any atom is -0.507 e. The van der Waals surface area contributed by atoms with Gasteiger partial charge in [0.05, 0.1) is 95.6 Å². The highest BCUT2D eigenvalue weighted by molar-refractivity contribution is 5.85. The van der Waals surface area contributed by atoms with Crippen LogP contribution in [0.5, 0.6) is 34.5 Å². The molecule has 15 aromatic carbocycles. The van der Waals surface area contributed by atoms with Crippen molar-refractivity contribution in [3.05, 3.63) is 494 Å². The number of aromatic hydroxyl groups is 5. The molecule has 1 fully saturated rings. The van der Waals surface area contributed by atoms with Gasteiger partial charge >= 0.3 is 6.18 Å². The molecule has 0 radical (unpaired) electrons. The Hall–Kier alpha value is -18.2. The molecule has 5 aromatic heterocycles. The molecular formula is C119H97F3N10O11. The first-order valence-corrected chi connectivity index (χ1v) is 46.4. The number of aromatic nitrogens is 10. The van der Waals surface area contributed by atoms with Crippen LogP contribution in [-0.2, 0) is 25.4 Å². The lowest BCUT2D eigenvalue weighted by Gasteiger charge is -2.14. The molecule has 1 aliphatic rings. The normalized spacial score (nSPS) is 12.8. The number of phenols is 5. The number of benzene rings is 15. The lowest BCUT2D eigenvalue weighted by atomic mass is 10.0. The van der Waals surface area contributed by atoms with E-state index in [-0.39, 0.29) is 74.0 Å². The molecule has 0 spiro atoms. The van der Waals surface area contributed by atoms with Crippen LogP contribution in [0, 0.1) is 27.7 Å². The summed E-state index contributed by atoms with van der Waals surface area (Å²) in [6.07, 6.45) is 8.48. The quantitative estimate of drug-likeness (QED) is 0.0534. The number of ether oxygens (including phenoxy) is 1. The van der Waals surface area contributed by atoms with E-state index in [2.05, 4.69) is 16.9 Å². The maximum atomic E-state index is 13.3. The molecule has 2 unspecified atom stereocenters. The molecular weight excluding hydrogens is 1800 g/mol. The van der Waals surface area contributed by atoms with Crippen molar-refractivity contribution in [2.24, 2.45) is 0 Å². The summed E-state index contributed by atoms with van der Waals surface area (Å²) in [5.74, 6) is 4.18. The van der Waals surface area contributed by atoms with Crippen LogP contribution in [0.2, 0.25) is 0 Å². The number of aryl methyl sites for hydroxylation is 7. The van der Waals surface area contributed by atoms with Crippen LogP contribution in [-0.4, -0.2) is 80.4 Å². The fourth-order valence-corrected chi connectivity index (χ4v) is 17.2. The van der Waals surface area contributed by atoms with Crippen LogP contribution in [0.25, 0.3) is 119 Å². The summed E-state index contributed by atoms with van der Waals surface area (Å²) < 4.78 is 52.7. The van der Waals surface area contributed by atoms with Crippen molar-refractivity contribution in [2.75, 3.05) is 7.11 Å². The zero-order valence-corrected chi connectivity index (χ0v) is 78.7. The second kappa shape index (κ2) is 42.8. The second-order valence-electron chi connectivity index (χ2n) is 34.2. The van der Waals surface area contributed by atoms with Gasteiger partial charge in [-0.05, 0) is 256 Å². The van der Waals surface area contributed by atoms with Crippen molar-refractivity contribution in [2.45, 2.75) is 78.3 Å². The van der Waals surface area contributed by atoms with E-state index in [0.29, 0.717) is 113 Å². The van der Waals surface area contributed by atoms with E-state index in [1.165, 1.54) is 18.2 Å². The summed E-state index contributed by atoms with van der Waals surface area (Å²) in [4.78, 5) is 89.7. The van der Waals surface area contributed by atoms with E-state index < -0.39 is 17.3 Å². The number of para-hydroxylation sites is 13. The van der Waals surface area contributed by atoms with Gasteiger partial charge in [0.25, 0.3) is 27.8 Å². The first-order chi connectivity index (χ1) is 69.3. The van der Waals surface area contributed by atoms with Crippen LogP contribution in [0.1, 0.15) is 116 Å². The smallest absolute Gasteiger partial charge is 0.416 e. The summed E-state index contributed by atoms with van der Waals surface area (Å²) in [6, 6.07) is 105. The van der Waals surface area contributed by atoms with Gasteiger partial charge in [-0.3, -0.25) is 46.8 Å². The van der Waals surface area contributed by atoms with E-state index in [0.717, 1.165) is 91.5 Å². The first kappa shape index (κ1) is 96.5. The van der Waals surface area contributed by atoms with Gasteiger partial charge in [0.15, 0.2) is 11.5 Å². The topological polar surface area (TPSA) is 285 Å². The molecule has 5 heterocycles. The van der Waals surface area contributed by atoms with E-state index in [1.807, 2.05) is 282 Å². The highest BCUT2D eigenvalue weighted by atomic mass is 19.4. The molecule has 0 amide bonds. The number of hydrogen-bond donors (Lipinski definition) is 5. The Kier molecular flexibility index (Phi) is 28.9. The van der Waals surface area contributed by atoms with Crippen molar-refractivity contribution >= 4 is 91.0 Å². The molecule has 0 aliphatic heterocycles. The van der Waals surface area contributed by atoms with Crippen molar-refractivity contribution in [1.82, 2.24) is 47.8 Å². The van der Waals surface area contributed by atoms with Gasteiger partial charge < -0.3 is 30.3 Å². The molecule has 24 heteroatoms. The Morgan fingerprint density at radius 1 is 0.329 bits per heavy atom. The van der Waals surface area contributed by atoms with Crippen LogP contribution >= 0.6 is 0 Å². The van der Waals surface area contributed by atoms with Crippen molar-refractivity contribution in [3.63, 3.8) is 0 Å². The fourth-order valence-electron chi connectivity index (χ4n) is 17.2. The average Bonchev–Trinajstić information content (AvgIpc) is 1.59. The summed E-state index contributed by atoms with van der Waals surface area (Å²) in [6.45, 7) is 9.42. The van der Waals surface area contributed by atoms with Gasteiger partial charge in [-0.1, -0.05) is 225 Å². The van der Waals surface area contributed by atoms with E-state index in [9.17, 15) is 62.7 Å². The highest BCUT2D eigenvalue weighted by Gasteiger charge is 2.45. The van der Waals surface area contributed by atoms with Crippen molar-refractivity contribution < 1.29 is 43.4 Å². The van der Waals surface area contributed by atoms with Crippen LogP contribution in [0.4, 0.5) is 13.2 Å². The molecule has 21 nitrogen and oxygen atoms in total. The van der Waals surface area contributed by atoms with E-state index in [4.69, 9.17) is 19.7 Å². The minimum atomic E-state index is -4.55. The van der Waals surface area contributed by atoms with Gasteiger partial charge in [0.2, 0.25) is 0 Å². The number of phenolic OH excluding ortho intramolecular Hbond substituents is 5. The Morgan fingerprint density at radius 2 is 0.671 bits per heavy atom. The third kappa shape index (κ3) is 21.1.